The zero-order valence-electron chi connectivity index (χ0n) is 15.0. The van der Waals surface area contributed by atoms with Gasteiger partial charge in [-0.3, -0.25) is 9.78 Å². The molecule has 0 atom stereocenters. The number of rotatable bonds is 4. The fourth-order valence-corrected chi connectivity index (χ4v) is 2.86. The van der Waals surface area contributed by atoms with E-state index >= 15 is 0 Å². The Balaban J connectivity index is 1.64. The molecule has 2 heterocycles. The molecule has 2 amide bonds. The molecule has 0 saturated carbocycles. The van der Waals surface area contributed by atoms with Gasteiger partial charge in [-0.15, -0.1) is 0 Å². The molecule has 2 aromatic rings. The molecule has 0 aliphatic carbocycles. The van der Waals surface area contributed by atoms with E-state index in [-0.39, 0.29) is 11.8 Å². The minimum absolute atomic E-state index is 0.240. The Hall–Kier alpha value is -3.16. The highest BCUT2D eigenvalue weighted by atomic mass is 19.1. The van der Waals surface area contributed by atoms with Gasteiger partial charge in [0.15, 0.2) is 0 Å². The van der Waals surface area contributed by atoms with Crippen molar-refractivity contribution in [1.82, 2.24) is 9.88 Å². The van der Waals surface area contributed by atoms with Crippen LogP contribution in [0.4, 0.5) is 20.6 Å². The molecule has 1 fully saturated rings. The van der Waals surface area contributed by atoms with E-state index in [4.69, 9.17) is 4.74 Å². The molecule has 7 nitrogen and oxygen atoms in total. The fraction of sp³-hybridized carbons (Fsp3) is 0.316. The summed E-state index contributed by atoms with van der Waals surface area (Å²) in [5.74, 6) is -0.832. The predicted octanol–water partition coefficient (Wildman–Crippen LogP) is 2.75. The van der Waals surface area contributed by atoms with Crippen LogP contribution in [-0.2, 0) is 4.74 Å². The Morgan fingerprint density at radius 3 is 2.67 bits per heavy atom. The number of anilines is 2. The maximum absolute atomic E-state index is 13.3. The molecule has 1 aliphatic heterocycles. The van der Waals surface area contributed by atoms with Gasteiger partial charge in [0.05, 0.1) is 6.61 Å². The second-order valence-corrected chi connectivity index (χ2v) is 6.04. The first-order valence-electron chi connectivity index (χ1n) is 8.76. The van der Waals surface area contributed by atoms with Crippen LogP contribution in [-0.4, -0.2) is 54.7 Å². The van der Waals surface area contributed by atoms with Gasteiger partial charge >= 0.3 is 6.09 Å². The monoisotopic (exact) mass is 372 g/mol. The number of pyridine rings is 1. The number of piperazine rings is 1. The predicted molar refractivity (Wildman–Crippen MR) is 99.4 cm³/mol. The highest BCUT2D eigenvalue weighted by Gasteiger charge is 2.22. The summed E-state index contributed by atoms with van der Waals surface area (Å²) < 4.78 is 18.3. The van der Waals surface area contributed by atoms with Gasteiger partial charge in [-0.1, -0.05) is 6.07 Å². The van der Waals surface area contributed by atoms with Gasteiger partial charge in [0, 0.05) is 43.8 Å². The second kappa shape index (κ2) is 8.48. The maximum atomic E-state index is 13.3. The lowest BCUT2D eigenvalue weighted by molar-refractivity contribution is 0.102. The standard InChI is InChI=1S/C19H21FN4O3/c1-2-27-19(26)24-10-8-23(9-11-24)16-6-7-21-17(13-16)18(25)22-15-5-3-4-14(20)12-15/h3-7,12-13H,2,8-11H2,1H3,(H,22,25). The number of carbonyl (C=O) groups excluding carboxylic acids is 2. The molecule has 0 radical (unpaired) electrons. The van der Waals surface area contributed by atoms with Crippen molar-refractivity contribution < 1.29 is 18.7 Å². The molecule has 3 rings (SSSR count). The van der Waals surface area contributed by atoms with Crippen molar-refractivity contribution >= 4 is 23.4 Å². The summed E-state index contributed by atoms with van der Waals surface area (Å²) >= 11 is 0. The van der Waals surface area contributed by atoms with Gasteiger partial charge in [-0.05, 0) is 37.3 Å². The molecule has 0 unspecified atom stereocenters. The molecule has 1 aromatic carbocycles. The van der Waals surface area contributed by atoms with Gasteiger partial charge < -0.3 is 19.9 Å². The number of benzene rings is 1. The van der Waals surface area contributed by atoms with E-state index < -0.39 is 11.7 Å². The third-order valence-corrected chi connectivity index (χ3v) is 4.23. The average Bonchev–Trinajstić information content (AvgIpc) is 2.68. The van der Waals surface area contributed by atoms with E-state index in [9.17, 15) is 14.0 Å². The molecule has 0 bridgehead atoms. The number of ether oxygens (including phenoxy) is 1. The van der Waals surface area contributed by atoms with Gasteiger partial charge in [-0.25, -0.2) is 9.18 Å². The Labute approximate surface area is 156 Å². The van der Waals surface area contributed by atoms with Crippen molar-refractivity contribution in [3.05, 3.63) is 54.1 Å². The number of hydrogen-bond donors (Lipinski definition) is 1. The summed E-state index contributed by atoms with van der Waals surface area (Å²) in [6.07, 6.45) is 1.26. The van der Waals surface area contributed by atoms with E-state index in [2.05, 4.69) is 15.2 Å². The normalized spacial score (nSPS) is 14.0. The molecule has 1 aliphatic rings. The Kier molecular flexibility index (Phi) is 5.85. The minimum Gasteiger partial charge on any atom is -0.450 e. The lowest BCUT2D eigenvalue weighted by Gasteiger charge is -2.35. The first-order valence-corrected chi connectivity index (χ1v) is 8.76. The summed E-state index contributed by atoms with van der Waals surface area (Å²) in [7, 11) is 0. The van der Waals surface area contributed by atoms with E-state index in [1.165, 1.54) is 18.2 Å². The van der Waals surface area contributed by atoms with Gasteiger partial charge in [0.2, 0.25) is 0 Å². The molecule has 1 saturated heterocycles. The van der Waals surface area contributed by atoms with Gasteiger partial charge in [0.25, 0.3) is 5.91 Å². The van der Waals surface area contributed by atoms with Crippen LogP contribution >= 0.6 is 0 Å². The van der Waals surface area contributed by atoms with Crippen LogP contribution in [0.5, 0.6) is 0 Å². The summed E-state index contributed by atoms with van der Waals surface area (Å²) in [6, 6.07) is 9.20. The number of carbonyl (C=O) groups is 2. The number of amides is 2. The Morgan fingerprint density at radius 2 is 1.96 bits per heavy atom. The molecule has 8 heteroatoms. The quantitative estimate of drug-likeness (QED) is 0.893. The van der Waals surface area contributed by atoms with Crippen LogP contribution < -0.4 is 10.2 Å². The molecule has 0 spiro atoms. The molecular formula is C19H21FN4O3. The number of nitrogens with zero attached hydrogens (tertiary/aromatic N) is 3. The van der Waals surface area contributed by atoms with Crippen LogP contribution in [0.15, 0.2) is 42.6 Å². The third-order valence-electron chi connectivity index (χ3n) is 4.23. The van der Waals surface area contributed by atoms with E-state index in [0.29, 0.717) is 38.5 Å². The average molecular weight is 372 g/mol. The molecule has 1 N–H and O–H groups in total. The smallest absolute Gasteiger partial charge is 0.409 e. The minimum atomic E-state index is -0.422. The number of hydrogen-bond acceptors (Lipinski definition) is 5. The lowest BCUT2D eigenvalue weighted by atomic mass is 10.2. The summed E-state index contributed by atoms with van der Waals surface area (Å²) in [5, 5.41) is 2.64. The molecule has 142 valence electrons. The fourth-order valence-electron chi connectivity index (χ4n) is 2.86. The van der Waals surface area contributed by atoms with Crippen LogP contribution in [0.25, 0.3) is 0 Å². The molecular weight excluding hydrogens is 351 g/mol. The number of halogens is 1. The molecule has 1 aromatic heterocycles. The van der Waals surface area contributed by atoms with Gasteiger partial charge in [0.1, 0.15) is 11.5 Å². The summed E-state index contributed by atoms with van der Waals surface area (Å²) in [6.45, 7) is 4.49. The van der Waals surface area contributed by atoms with Crippen molar-refractivity contribution in [3.63, 3.8) is 0 Å². The molecule has 27 heavy (non-hydrogen) atoms. The van der Waals surface area contributed by atoms with Crippen LogP contribution in [0, 0.1) is 5.82 Å². The maximum Gasteiger partial charge on any atom is 0.409 e. The van der Waals surface area contributed by atoms with Crippen molar-refractivity contribution in [3.8, 4) is 0 Å². The third kappa shape index (κ3) is 4.72. The van der Waals surface area contributed by atoms with E-state index in [1.807, 2.05) is 6.07 Å². The van der Waals surface area contributed by atoms with Crippen LogP contribution in [0.3, 0.4) is 0 Å². The summed E-state index contributed by atoms with van der Waals surface area (Å²) in [5.41, 5.74) is 1.46. The van der Waals surface area contributed by atoms with Gasteiger partial charge in [-0.2, -0.15) is 0 Å². The topological polar surface area (TPSA) is 74.8 Å². The first kappa shape index (κ1) is 18.6. The van der Waals surface area contributed by atoms with Crippen LogP contribution in [0.1, 0.15) is 17.4 Å². The zero-order valence-corrected chi connectivity index (χ0v) is 15.0. The van der Waals surface area contributed by atoms with E-state index in [0.717, 1.165) is 5.69 Å². The van der Waals surface area contributed by atoms with E-state index in [1.54, 1.807) is 30.2 Å². The number of aromatic nitrogens is 1. The largest absolute Gasteiger partial charge is 0.450 e. The zero-order chi connectivity index (χ0) is 19.2. The Morgan fingerprint density at radius 1 is 1.19 bits per heavy atom. The van der Waals surface area contributed by atoms with Crippen LogP contribution in [0.2, 0.25) is 0 Å². The van der Waals surface area contributed by atoms with Crippen molar-refractivity contribution in [2.24, 2.45) is 0 Å². The second-order valence-electron chi connectivity index (χ2n) is 6.04. The highest BCUT2D eigenvalue weighted by Crippen LogP contribution is 2.18. The van der Waals surface area contributed by atoms with Crippen molar-refractivity contribution in [1.29, 1.82) is 0 Å². The van der Waals surface area contributed by atoms with Crippen molar-refractivity contribution in [2.45, 2.75) is 6.92 Å². The Bertz CT molecular complexity index is 822. The lowest BCUT2D eigenvalue weighted by Crippen LogP contribution is -2.49. The first-order chi connectivity index (χ1) is 13.1. The van der Waals surface area contributed by atoms with Crippen molar-refractivity contribution in [2.75, 3.05) is 43.0 Å². The highest BCUT2D eigenvalue weighted by molar-refractivity contribution is 6.03. The summed E-state index contributed by atoms with van der Waals surface area (Å²) in [4.78, 5) is 32.0. The number of nitrogens with one attached hydrogen (secondary N) is 1. The SMILES string of the molecule is CCOC(=O)N1CCN(c2ccnc(C(=O)Nc3cccc(F)c3)c2)CC1.